The van der Waals surface area contributed by atoms with E-state index >= 15 is 0 Å². The third-order valence-electron chi connectivity index (χ3n) is 4.46. The van der Waals surface area contributed by atoms with Gasteiger partial charge in [-0.2, -0.15) is 0 Å². The van der Waals surface area contributed by atoms with Gasteiger partial charge < -0.3 is 4.42 Å². The van der Waals surface area contributed by atoms with E-state index in [0.717, 1.165) is 41.3 Å². The van der Waals surface area contributed by atoms with Crippen LogP contribution >= 0.6 is 11.3 Å². The van der Waals surface area contributed by atoms with Gasteiger partial charge in [-0.3, -0.25) is 4.90 Å². The number of nitrogens with zero attached hydrogens (tertiary/aromatic N) is 2. The van der Waals surface area contributed by atoms with Gasteiger partial charge in [-0.1, -0.05) is 6.07 Å². The van der Waals surface area contributed by atoms with Crippen LogP contribution in [0.3, 0.4) is 0 Å². The smallest absolute Gasteiger partial charge is 0.126 e. The molecule has 1 aliphatic heterocycles. The second-order valence-electron chi connectivity index (χ2n) is 5.90. The Kier molecular flexibility index (Phi) is 3.75. The molecule has 0 spiro atoms. The van der Waals surface area contributed by atoms with Crippen LogP contribution in [0.1, 0.15) is 29.8 Å². The summed E-state index contributed by atoms with van der Waals surface area (Å²) in [5, 5.41) is 3.07. The maximum Gasteiger partial charge on any atom is 0.126 e. The van der Waals surface area contributed by atoms with Crippen molar-refractivity contribution in [2.24, 2.45) is 0 Å². The summed E-state index contributed by atoms with van der Waals surface area (Å²) < 4.78 is 18.7. The third-order valence-corrected chi connectivity index (χ3v) is 5.40. The van der Waals surface area contributed by atoms with Crippen molar-refractivity contribution in [1.29, 1.82) is 0 Å². The van der Waals surface area contributed by atoms with Crippen LogP contribution in [0.2, 0.25) is 0 Å². The van der Waals surface area contributed by atoms with Crippen LogP contribution in [0, 0.1) is 5.82 Å². The van der Waals surface area contributed by atoms with Gasteiger partial charge in [-0.25, -0.2) is 9.37 Å². The van der Waals surface area contributed by atoms with Crippen LogP contribution in [-0.2, 0) is 13.0 Å². The third kappa shape index (κ3) is 2.82. The molecule has 0 N–H and O–H groups in total. The van der Waals surface area contributed by atoms with Crippen molar-refractivity contribution in [1.82, 2.24) is 9.88 Å². The molecule has 0 saturated heterocycles. The number of rotatable bonds is 3. The van der Waals surface area contributed by atoms with E-state index in [-0.39, 0.29) is 11.9 Å². The summed E-state index contributed by atoms with van der Waals surface area (Å²) in [5.74, 6) is -0.159. The standard InChI is InChI=1S/C18H17FN2OS/c1-12-17-8-15(19)3-2-13(17)4-6-21(12)9-16-11-23-18(20-16)14-5-7-22-10-14/h2-3,5,7-8,10-12H,4,6,9H2,1H3. The van der Waals surface area contributed by atoms with E-state index in [1.165, 1.54) is 5.56 Å². The van der Waals surface area contributed by atoms with Gasteiger partial charge in [0.1, 0.15) is 17.1 Å². The molecular weight excluding hydrogens is 311 g/mol. The minimum Gasteiger partial charge on any atom is -0.472 e. The Morgan fingerprint density at radius 3 is 3.13 bits per heavy atom. The van der Waals surface area contributed by atoms with Gasteiger partial charge >= 0.3 is 0 Å². The van der Waals surface area contributed by atoms with Gasteiger partial charge in [-0.05, 0) is 42.7 Å². The largest absolute Gasteiger partial charge is 0.472 e. The number of furan rings is 1. The number of hydrogen-bond acceptors (Lipinski definition) is 4. The van der Waals surface area contributed by atoms with Crippen LogP contribution in [0.25, 0.3) is 10.6 Å². The lowest BCUT2D eigenvalue weighted by molar-refractivity contribution is 0.187. The van der Waals surface area contributed by atoms with Crippen LogP contribution in [0.5, 0.6) is 0 Å². The first-order valence-electron chi connectivity index (χ1n) is 7.70. The molecule has 1 atom stereocenters. The molecule has 1 aliphatic rings. The molecular formula is C18H17FN2OS. The van der Waals surface area contributed by atoms with Crippen molar-refractivity contribution in [2.75, 3.05) is 6.54 Å². The first-order chi connectivity index (χ1) is 11.2. The van der Waals surface area contributed by atoms with Crippen molar-refractivity contribution in [3.63, 3.8) is 0 Å². The van der Waals surface area contributed by atoms with Crippen molar-refractivity contribution in [3.8, 4) is 10.6 Å². The molecule has 4 rings (SSSR count). The molecule has 1 aromatic carbocycles. The molecule has 23 heavy (non-hydrogen) atoms. The van der Waals surface area contributed by atoms with E-state index in [4.69, 9.17) is 9.40 Å². The molecule has 1 unspecified atom stereocenters. The molecule has 0 amide bonds. The lowest BCUT2D eigenvalue weighted by Crippen LogP contribution is -2.33. The minimum absolute atomic E-state index is 0.159. The molecule has 118 valence electrons. The second-order valence-corrected chi connectivity index (χ2v) is 6.75. The Hall–Kier alpha value is -1.98. The Bertz CT molecular complexity index is 812. The number of aromatic nitrogens is 1. The molecule has 0 bridgehead atoms. The summed E-state index contributed by atoms with van der Waals surface area (Å²) in [6, 6.07) is 7.26. The minimum atomic E-state index is -0.159. The van der Waals surface area contributed by atoms with E-state index in [1.54, 1.807) is 36.0 Å². The second kappa shape index (κ2) is 5.91. The summed E-state index contributed by atoms with van der Waals surface area (Å²) >= 11 is 1.63. The van der Waals surface area contributed by atoms with Crippen LogP contribution in [0.4, 0.5) is 4.39 Å². The molecule has 0 fully saturated rings. The van der Waals surface area contributed by atoms with E-state index in [0.29, 0.717) is 0 Å². The number of thiazole rings is 1. The molecule has 0 aliphatic carbocycles. The summed E-state index contributed by atoms with van der Waals surface area (Å²) in [6.07, 6.45) is 4.33. The predicted molar refractivity (Wildman–Crippen MR) is 88.7 cm³/mol. The van der Waals surface area contributed by atoms with Gasteiger partial charge in [0.25, 0.3) is 0 Å². The Morgan fingerprint density at radius 2 is 2.30 bits per heavy atom. The van der Waals surface area contributed by atoms with Gasteiger partial charge in [-0.15, -0.1) is 11.3 Å². The highest BCUT2D eigenvalue weighted by atomic mass is 32.1. The summed E-state index contributed by atoms with van der Waals surface area (Å²) in [4.78, 5) is 7.05. The summed E-state index contributed by atoms with van der Waals surface area (Å²) in [5.41, 5.74) is 4.42. The van der Waals surface area contributed by atoms with Crippen molar-refractivity contribution < 1.29 is 8.81 Å². The van der Waals surface area contributed by atoms with Gasteiger partial charge in [0.15, 0.2) is 0 Å². The van der Waals surface area contributed by atoms with E-state index in [2.05, 4.69) is 17.2 Å². The molecule has 3 aromatic rings. The highest BCUT2D eigenvalue weighted by molar-refractivity contribution is 7.13. The zero-order valence-corrected chi connectivity index (χ0v) is 13.6. The average Bonchev–Trinajstić information content (AvgIpc) is 3.22. The number of fused-ring (bicyclic) bond motifs is 1. The first-order valence-corrected chi connectivity index (χ1v) is 8.58. The zero-order chi connectivity index (χ0) is 15.8. The maximum atomic E-state index is 13.5. The lowest BCUT2D eigenvalue weighted by Gasteiger charge is -2.34. The maximum absolute atomic E-state index is 13.5. The number of halogens is 1. The van der Waals surface area contributed by atoms with E-state index < -0.39 is 0 Å². The molecule has 0 radical (unpaired) electrons. The van der Waals surface area contributed by atoms with Crippen molar-refractivity contribution in [3.05, 3.63) is 64.8 Å². The van der Waals surface area contributed by atoms with E-state index in [9.17, 15) is 4.39 Å². The summed E-state index contributed by atoms with van der Waals surface area (Å²) in [7, 11) is 0. The fraction of sp³-hybridized carbons (Fsp3) is 0.278. The van der Waals surface area contributed by atoms with Gasteiger partial charge in [0.2, 0.25) is 0 Å². The van der Waals surface area contributed by atoms with Crippen LogP contribution < -0.4 is 0 Å². The van der Waals surface area contributed by atoms with Gasteiger partial charge in [0.05, 0.1) is 12.0 Å². The zero-order valence-electron chi connectivity index (χ0n) is 12.8. The predicted octanol–water partition coefficient (Wildman–Crippen LogP) is 4.66. The van der Waals surface area contributed by atoms with Crippen molar-refractivity contribution in [2.45, 2.75) is 25.9 Å². The summed E-state index contributed by atoms with van der Waals surface area (Å²) in [6.45, 7) is 3.89. The molecule has 5 heteroatoms. The average molecular weight is 328 g/mol. The Morgan fingerprint density at radius 1 is 1.39 bits per heavy atom. The normalized spacial score (nSPS) is 18.1. The SMILES string of the molecule is CC1c2cc(F)ccc2CCN1Cc1csc(-c2ccoc2)n1. The first kappa shape index (κ1) is 14.6. The van der Waals surface area contributed by atoms with E-state index in [1.807, 2.05) is 12.1 Å². The highest BCUT2D eigenvalue weighted by Gasteiger charge is 2.24. The van der Waals surface area contributed by atoms with Crippen molar-refractivity contribution >= 4 is 11.3 Å². The number of hydrogen-bond donors (Lipinski definition) is 0. The molecule has 3 heterocycles. The fourth-order valence-corrected chi connectivity index (χ4v) is 3.96. The topological polar surface area (TPSA) is 29.3 Å². The molecule has 0 saturated carbocycles. The number of benzene rings is 1. The Balaban J connectivity index is 1.54. The Labute approximate surface area is 138 Å². The van der Waals surface area contributed by atoms with Gasteiger partial charge in [0, 0.05) is 30.1 Å². The molecule has 2 aromatic heterocycles. The molecule has 3 nitrogen and oxygen atoms in total. The van der Waals surface area contributed by atoms with Crippen LogP contribution in [0.15, 0.2) is 46.6 Å². The quantitative estimate of drug-likeness (QED) is 0.700. The fourth-order valence-electron chi connectivity index (χ4n) is 3.16. The highest BCUT2D eigenvalue weighted by Crippen LogP contribution is 2.32. The monoisotopic (exact) mass is 328 g/mol. The van der Waals surface area contributed by atoms with Crippen LogP contribution in [-0.4, -0.2) is 16.4 Å². The lowest BCUT2D eigenvalue weighted by atomic mass is 9.93.